The van der Waals surface area contributed by atoms with Crippen molar-refractivity contribution in [3.8, 4) is 0 Å². The minimum absolute atomic E-state index is 0.212. The van der Waals surface area contributed by atoms with Crippen LogP contribution in [0.3, 0.4) is 0 Å². The molecule has 0 aliphatic carbocycles. The first kappa shape index (κ1) is 11.9. The van der Waals surface area contributed by atoms with Gasteiger partial charge in [-0.1, -0.05) is 0 Å². The number of carboxylic acids is 1. The predicted molar refractivity (Wildman–Crippen MR) is 60.4 cm³/mol. The highest BCUT2D eigenvalue weighted by atomic mass is 32.2. The van der Waals surface area contributed by atoms with E-state index in [9.17, 15) is 4.79 Å². The summed E-state index contributed by atoms with van der Waals surface area (Å²) < 4.78 is 4.91. The van der Waals surface area contributed by atoms with E-state index < -0.39 is 5.97 Å². The molecule has 1 aromatic carbocycles. The summed E-state index contributed by atoms with van der Waals surface area (Å²) in [4.78, 5) is 11.5. The average Bonchev–Trinajstić information content (AvgIpc) is 2.20. The van der Waals surface area contributed by atoms with E-state index in [1.54, 1.807) is 31.0 Å². The van der Waals surface area contributed by atoms with Gasteiger partial charge in [0.15, 0.2) is 0 Å². The number of anilines is 1. The highest BCUT2D eigenvalue weighted by Crippen LogP contribution is 2.25. The first-order valence-corrected chi connectivity index (χ1v) is 5.38. The predicted octanol–water partition coefficient (Wildman–Crippen LogP) is 1.71. The number of carbonyl (C=O) groups is 1. The van der Waals surface area contributed by atoms with Crippen LogP contribution in [0.4, 0.5) is 5.69 Å². The van der Waals surface area contributed by atoms with Gasteiger partial charge >= 0.3 is 5.97 Å². The molecule has 0 saturated carbocycles. The van der Waals surface area contributed by atoms with Gasteiger partial charge in [0.1, 0.15) is 0 Å². The first-order valence-electron chi connectivity index (χ1n) is 4.39. The van der Waals surface area contributed by atoms with E-state index in [2.05, 4.69) is 0 Å². The van der Waals surface area contributed by atoms with Crippen molar-refractivity contribution in [2.75, 3.05) is 25.2 Å². The molecule has 15 heavy (non-hydrogen) atoms. The van der Waals surface area contributed by atoms with Gasteiger partial charge in [0.25, 0.3) is 0 Å². The van der Waals surface area contributed by atoms with Crippen LogP contribution >= 0.6 is 11.8 Å². The highest BCUT2D eigenvalue weighted by Gasteiger charge is 2.06. The zero-order chi connectivity index (χ0) is 11.3. The lowest BCUT2D eigenvalue weighted by Crippen LogP contribution is -1.99. The Hall–Kier alpha value is -1.20. The molecule has 0 spiro atoms. The Balaban J connectivity index is 2.70. The van der Waals surface area contributed by atoms with Gasteiger partial charge in [-0.15, -0.1) is 11.8 Å². The molecule has 82 valence electrons. The fourth-order valence-electron chi connectivity index (χ4n) is 1.05. The van der Waals surface area contributed by atoms with E-state index >= 15 is 0 Å². The Bertz CT molecular complexity index is 355. The summed E-state index contributed by atoms with van der Waals surface area (Å²) >= 11 is 1.55. The molecule has 1 rings (SSSR count). The number of nitrogen functional groups attached to an aromatic ring is 1. The number of methoxy groups -OCH3 is 1. The van der Waals surface area contributed by atoms with E-state index in [1.807, 2.05) is 0 Å². The van der Waals surface area contributed by atoms with Crippen LogP contribution in [-0.2, 0) is 4.74 Å². The fourth-order valence-corrected chi connectivity index (χ4v) is 1.91. The number of rotatable bonds is 5. The van der Waals surface area contributed by atoms with Crippen LogP contribution in [0.1, 0.15) is 10.4 Å². The molecule has 0 radical (unpaired) electrons. The Labute approximate surface area is 92.4 Å². The van der Waals surface area contributed by atoms with Gasteiger partial charge in [0, 0.05) is 23.4 Å². The van der Waals surface area contributed by atoms with Crippen LogP contribution in [0.15, 0.2) is 23.1 Å². The number of nitrogens with two attached hydrogens (primary N) is 1. The van der Waals surface area contributed by atoms with Gasteiger partial charge in [-0.25, -0.2) is 4.79 Å². The maximum atomic E-state index is 10.6. The normalized spacial score (nSPS) is 10.2. The van der Waals surface area contributed by atoms with Crippen LogP contribution in [0, 0.1) is 0 Å². The zero-order valence-corrected chi connectivity index (χ0v) is 9.21. The smallest absolute Gasteiger partial charge is 0.335 e. The van der Waals surface area contributed by atoms with E-state index in [4.69, 9.17) is 15.6 Å². The van der Waals surface area contributed by atoms with E-state index in [0.717, 1.165) is 10.6 Å². The molecule has 0 heterocycles. The molecule has 4 nitrogen and oxygen atoms in total. The second kappa shape index (κ2) is 5.63. The quantitative estimate of drug-likeness (QED) is 0.455. The lowest BCUT2D eigenvalue weighted by Gasteiger charge is -2.05. The van der Waals surface area contributed by atoms with Crippen molar-refractivity contribution < 1.29 is 14.6 Å². The van der Waals surface area contributed by atoms with Crippen molar-refractivity contribution in [3.05, 3.63) is 23.8 Å². The van der Waals surface area contributed by atoms with Crippen LogP contribution in [-0.4, -0.2) is 30.5 Å². The average molecular weight is 227 g/mol. The summed E-state index contributed by atoms with van der Waals surface area (Å²) in [6.45, 7) is 0.644. The zero-order valence-electron chi connectivity index (χ0n) is 8.40. The maximum Gasteiger partial charge on any atom is 0.335 e. The van der Waals surface area contributed by atoms with Crippen LogP contribution < -0.4 is 5.73 Å². The molecule has 1 aromatic rings. The number of benzene rings is 1. The van der Waals surface area contributed by atoms with Crippen LogP contribution in [0.5, 0.6) is 0 Å². The molecular formula is C10H13NO3S. The van der Waals surface area contributed by atoms with Crippen molar-refractivity contribution >= 4 is 23.4 Å². The van der Waals surface area contributed by atoms with Gasteiger partial charge in [-0.2, -0.15) is 0 Å². The topological polar surface area (TPSA) is 72.5 Å². The van der Waals surface area contributed by atoms with E-state index in [1.165, 1.54) is 6.07 Å². The number of carboxylic acid groups (broad SMARTS) is 1. The third-order valence-electron chi connectivity index (χ3n) is 1.80. The number of aromatic carboxylic acids is 1. The molecule has 0 saturated heterocycles. The van der Waals surface area contributed by atoms with Crippen molar-refractivity contribution in [2.24, 2.45) is 0 Å². The molecule has 0 aliphatic rings. The summed E-state index contributed by atoms with van der Waals surface area (Å²) in [5, 5.41) is 8.73. The largest absolute Gasteiger partial charge is 0.478 e. The Morgan fingerprint density at radius 2 is 2.33 bits per heavy atom. The van der Waals surface area contributed by atoms with Crippen molar-refractivity contribution in [2.45, 2.75) is 4.90 Å². The third kappa shape index (κ3) is 3.45. The van der Waals surface area contributed by atoms with Crippen LogP contribution in [0.2, 0.25) is 0 Å². The lowest BCUT2D eigenvalue weighted by molar-refractivity contribution is 0.0697. The summed E-state index contributed by atoms with van der Waals surface area (Å²) in [5.74, 6) is -0.164. The molecule has 5 heteroatoms. The maximum absolute atomic E-state index is 10.6. The van der Waals surface area contributed by atoms with Crippen LogP contribution in [0.25, 0.3) is 0 Å². The van der Waals surface area contributed by atoms with E-state index in [-0.39, 0.29) is 5.56 Å². The Morgan fingerprint density at radius 1 is 1.60 bits per heavy atom. The van der Waals surface area contributed by atoms with Gasteiger partial charge in [-0.3, -0.25) is 0 Å². The number of hydrogen-bond acceptors (Lipinski definition) is 4. The van der Waals surface area contributed by atoms with Crippen molar-refractivity contribution in [1.29, 1.82) is 0 Å². The molecule has 0 unspecified atom stereocenters. The summed E-state index contributed by atoms with van der Waals surface area (Å²) in [6.07, 6.45) is 0. The molecule has 0 atom stereocenters. The third-order valence-corrected chi connectivity index (χ3v) is 2.86. The summed E-state index contributed by atoms with van der Waals surface area (Å²) in [7, 11) is 1.64. The lowest BCUT2D eigenvalue weighted by atomic mass is 10.2. The SMILES string of the molecule is COCCSc1ccc(C(=O)O)cc1N. The molecule has 0 aliphatic heterocycles. The van der Waals surface area contributed by atoms with Gasteiger partial charge < -0.3 is 15.6 Å². The summed E-state index contributed by atoms with van der Waals surface area (Å²) in [5.41, 5.74) is 6.42. The minimum Gasteiger partial charge on any atom is -0.478 e. The van der Waals surface area contributed by atoms with Crippen molar-refractivity contribution in [1.82, 2.24) is 0 Å². The molecule has 0 fully saturated rings. The van der Waals surface area contributed by atoms with Gasteiger partial charge in [-0.05, 0) is 18.2 Å². The van der Waals surface area contributed by atoms with E-state index in [0.29, 0.717) is 12.3 Å². The highest BCUT2D eigenvalue weighted by molar-refractivity contribution is 7.99. The monoisotopic (exact) mass is 227 g/mol. The second-order valence-corrected chi connectivity index (χ2v) is 4.04. The number of hydrogen-bond donors (Lipinski definition) is 2. The number of ether oxygens (including phenoxy) is 1. The fraction of sp³-hybridized carbons (Fsp3) is 0.300. The Morgan fingerprint density at radius 3 is 2.87 bits per heavy atom. The second-order valence-electron chi connectivity index (χ2n) is 2.90. The molecule has 0 aromatic heterocycles. The number of thioether (sulfide) groups is 1. The van der Waals surface area contributed by atoms with Gasteiger partial charge in [0.2, 0.25) is 0 Å². The Kier molecular flexibility index (Phi) is 4.45. The van der Waals surface area contributed by atoms with Gasteiger partial charge in [0.05, 0.1) is 12.2 Å². The van der Waals surface area contributed by atoms with Crippen molar-refractivity contribution in [3.63, 3.8) is 0 Å². The minimum atomic E-state index is -0.963. The molecule has 0 amide bonds. The summed E-state index contributed by atoms with van der Waals surface area (Å²) in [6, 6.07) is 4.74. The molecular weight excluding hydrogens is 214 g/mol. The molecule has 3 N–H and O–H groups in total. The standard InChI is InChI=1S/C10H13NO3S/c1-14-4-5-15-9-3-2-7(10(12)13)6-8(9)11/h2-3,6H,4-5,11H2,1H3,(H,12,13). The molecule has 0 bridgehead atoms. The first-order chi connectivity index (χ1) is 7.15.